The van der Waals surface area contributed by atoms with Gasteiger partial charge in [-0.25, -0.2) is 9.38 Å². The number of anilines is 1. The quantitative estimate of drug-likeness (QED) is 0.325. The summed E-state index contributed by atoms with van der Waals surface area (Å²) in [5, 5.41) is 0. The minimum absolute atomic E-state index is 0.0468. The van der Waals surface area contributed by atoms with Gasteiger partial charge in [0.1, 0.15) is 0 Å². The Bertz CT molecular complexity index is 712. The fourth-order valence-corrected chi connectivity index (χ4v) is 3.31. The van der Waals surface area contributed by atoms with Crippen LogP contribution in [0.1, 0.15) is 0 Å². The lowest BCUT2D eigenvalue weighted by Gasteiger charge is -2.18. The van der Waals surface area contributed by atoms with Gasteiger partial charge in [-0.05, 0) is 42.7 Å². The molecule has 0 bridgehead atoms. The Morgan fingerprint density at radius 1 is 1.25 bits per heavy atom. The molecule has 0 saturated heterocycles. The summed E-state index contributed by atoms with van der Waals surface area (Å²) in [5.41, 5.74) is 6.61. The van der Waals surface area contributed by atoms with E-state index in [9.17, 15) is 4.39 Å². The van der Waals surface area contributed by atoms with Crippen molar-refractivity contribution in [2.75, 3.05) is 24.1 Å². The van der Waals surface area contributed by atoms with Crippen molar-refractivity contribution in [1.82, 2.24) is 0 Å². The number of aliphatic imine (C=N–C) groups is 1. The van der Waals surface area contributed by atoms with E-state index in [4.69, 9.17) is 17.3 Å². The summed E-state index contributed by atoms with van der Waals surface area (Å²) < 4.78 is 13.4. The predicted molar refractivity (Wildman–Crippen MR) is 106 cm³/mol. The van der Waals surface area contributed by atoms with Crippen molar-refractivity contribution in [1.29, 1.82) is 0 Å². The van der Waals surface area contributed by atoms with Gasteiger partial charge in [-0.15, -0.1) is 23.4 Å². The molecule has 7 heteroatoms. The third-order valence-electron chi connectivity index (χ3n) is 3.23. The molecular weight excluding hydrogens is 365 g/mol. The number of hydrogen-bond acceptors (Lipinski definition) is 3. The van der Waals surface area contributed by atoms with Crippen molar-refractivity contribution in [3.63, 3.8) is 0 Å². The van der Waals surface area contributed by atoms with Crippen LogP contribution in [0.5, 0.6) is 0 Å². The van der Waals surface area contributed by atoms with Crippen LogP contribution >= 0.6 is 35.1 Å². The van der Waals surface area contributed by atoms with Crippen LogP contribution in [0, 0.1) is 0 Å². The molecule has 1 unspecified atom stereocenters. The zero-order chi connectivity index (χ0) is 17.5. The van der Waals surface area contributed by atoms with Gasteiger partial charge in [0.25, 0.3) is 0 Å². The van der Waals surface area contributed by atoms with E-state index in [-0.39, 0.29) is 5.88 Å². The highest BCUT2D eigenvalue weighted by atomic mass is 35.5. The lowest BCUT2D eigenvalue weighted by Crippen LogP contribution is -2.33. The maximum Gasteiger partial charge on any atom is 0.200 e. The second-order valence-corrected chi connectivity index (χ2v) is 7.32. The Hall–Kier alpha value is -1.37. The van der Waals surface area contributed by atoms with E-state index in [1.165, 1.54) is 0 Å². The Labute approximate surface area is 155 Å². The van der Waals surface area contributed by atoms with Crippen LogP contribution in [0.25, 0.3) is 0 Å². The van der Waals surface area contributed by atoms with Crippen LogP contribution in [0.3, 0.4) is 0 Å². The highest BCUT2D eigenvalue weighted by Gasteiger charge is 2.09. The van der Waals surface area contributed by atoms with Gasteiger partial charge < -0.3 is 10.6 Å². The van der Waals surface area contributed by atoms with E-state index < -0.39 is 5.50 Å². The zero-order valence-electron chi connectivity index (χ0n) is 13.4. The van der Waals surface area contributed by atoms with E-state index >= 15 is 0 Å². The monoisotopic (exact) mass is 383 g/mol. The van der Waals surface area contributed by atoms with Gasteiger partial charge >= 0.3 is 0 Å². The lowest BCUT2D eigenvalue weighted by atomic mass is 10.3. The number of alkyl halides is 2. The van der Waals surface area contributed by atoms with Crippen molar-refractivity contribution in [3.05, 3.63) is 48.5 Å². The minimum atomic E-state index is -1.14. The third kappa shape index (κ3) is 5.33. The predicted octanol–water partition coefficient (Wildman–Crippen LogP) is 5.12. The molecule has 0 fully saturated rings. The van der Waals surface area contributed by atoms with Gasteiger partial charge in [-0.2, -0.15) is 0 Å². The number of hydrogen-bond donors (Lipinski definition) is 1. The van der Waals surface area contributed by atoms with Crippen LogP contribution in [-0.4, -0.2) is 30.6 Å². The van der Waals surface area contributed by atoms with Gasteiger partial charge in [-0.1, -0.05) is 23.9 Å². The number of rotatable bonds is 6. The maximum absolute atomic E-state index is 13.4. The molecule has 0 spiro atoms. The van der Waals surface area contributed by atoms with E-state index in [0.717, 1.165) is 27.2 Å². The molecule has 0 amide bonds. The second-order valence-electron chi connectivity index (χ2n) is 4.91. The lowest BCUT2D eigenvalue weighted by molar-refractivity contribution is 0.487. The van der Waals surface area contributed by atoms with Crippen LogP contribution in [0.4, 0.5) is 15.8 Å². The van der Waals surface area contributed by atoms with E-state index in [2.05, 4.69) is 4.99 Å². The van der Waals surface area contributed by atoms with Gasteiger partial charge in [0.2, 0.25) is 5.96 Å². The molecule has 0 aliphatic rings. The standard InChI is InChI=1S/C17H19ClFN3S2/c1-22(13-6-4-7-14(10-13)23-2)17(20)21-12-5-3-8-15(9-12)24-16(19)11-18/h3-10,16H,11H2,1-2H3,(H2,20,21). The highest BCUT2D eigenvalue weighted by molar-refractivity contribution is 7.99. The molecule has 0 aliphatic carbocycles. The van der Waals surface area contributed by atoms with E-state index in [0.29, 0.717) is 11.6 Å². The smallest absolute Gasteiger partial charge is 0.200 e. The fourth-order valence-electron chi connectivity index (χ4n) is 1.96. The Morgan fingerprint density at radius 2 is 1.96 bits per heavy atom. The summed E-state index contributed by atoms with van der Waals surface area (Å²) >= 11 is 8.25. The first-order chi connectivity index (χ1) is 11.5. The normalized spacial score (nSPS) is 12.9. The first kappa shape index (κ1) is 19.0. The van der Waals surface area contributed by atoms with E-state index in [1.807, 2.05) is 60.7 Å². The Morgan fingerprint density at radius 3 is 2.67 bits per heavy atom. The summed E-state index contributed by atoms with van der Waals surface area (Å²) in [6, 6.07) is 15.3. The number of thioether (sulfide) groups is 2. The summed E-state index contributed by atoms with van der Waals surface area (Å²) in [4.78, 5) is 8.17. The molecule has 128 valence electrons. The third-order valence-corrected chi connectivity index (χ3v) is 5.36. The van der Waals surface area contributed by atoms with Crippen LogP contribution in [0.15, 0.2) is 63.3 Å². The Kier molecular flexibility index (Phi) is 7.27. The number of nitrogens with two attached hydrogens (primary N) is 1. The topological polar surface area (TPSA) is 41.6 Å². The number of nitrogens with zero attached hydrogens (tertiary/aromatic N) is 2. The molecule has 0 aromatic heterocycles. The molecule has 3 nitrogen and oxygen atoms in total. The maximum atomic E-state index is 13.4. The summed E-state index contributed by atoms with van der Waals surface area (Å²) in [6.45, 7) is 0. The molecule has 0 heterocycles. The molecule has 2 N–H and O–H groups in total. The van der Waals surface area contributed by atoms with Crippen molar-refractivity contribution in [2.24, 2.45) is 10.7 Å². The molecular formula is C17H19ClFN3S2. The average Bonchev–Trinajstić information content (AvgIpc) is 2.61. The van der Waals surface area contributed by atoms with E-state index in [1.54, 1.807) is 17.8 Å². The summed E-state index contributed by atoms with van der Waals surface area (Å²) in [6.07, 6.45) is 2.03. The number of guanidine groups is 1. The SMILES string of the molecule is CSc1cccc(N(C)C(N)=Nc2cccc(SC(F)CCl)c2)c1. The van der Waals surface area contributed by atoms with Gasteiger partial charge in [0.15, 0.2) is 5.50 Å². The summed E-state index contributed by atoms with van der Waals surface area (Å²) in [7, 11) is 1.86. The zero-order valence-corrected chi connectivity index (χ0v) is 15.8. The first-order valence-electron chi connectivity index (χ1n) is 7.22. The van der Waals surface area contributed by atoms with Crippen LogP contribution < -0.4 is 10.6 Å². The fraction of sp³-hybridized carbons (Fsp3) is 0.235. The largest absolute Gasteiger partial charge is 0.369 e. The molecule has 24 heavy (non-hydrogen) atoms. The molecule has 0 saturated carbocycles. The highest BCUT2D eigenvalue weighted by Crippen LogP contribution is 2.28. The van der Waals surface area contributed by atoms with Crippen LogP contribution in [-0.2, 0) is 0 Å². The summed E-state index contributed by atoms with van der Waals surface area (Å²) in [5.74, 6) is 0.319. The molecule has 0 aliphatic heterocycles. The Balaban J connectivity index is 2.18. The second kappa shape index (κ2) is 9.20. The van der Waals surface area contributed by atoms with Gasteiger partial charge in [-0.3, -0.25) is 0 Å². The molecule has 0 radical (unpaired) electrons. The van der Waals surface area contributed by atoms with Gasteiger partial charge in [0, 0.05) is 22.5 Å². The average molecular weight is 384 g/mol. The van der Waals surface area contributed by atoms with Crippen LogP contribution in [0.2, 0.25) is 0 Å². The minimum Gasteiger partial charge on any atom is -0.369 e. The molecule has 2 aromatic carbocycles. The molecule has 1 atom stereocenters. The van der Waals surface area contributed by atoms with Crippen molar-refractivity contribution in [2.45, 2.75) is 15.3 Å². The molecule has 2 aromatic rings. The first-order valence-corrected chi connectivity index (χ1v) is 9.86. The number of benzene rings is 2. The van der Waals surface area contributed by atoms with Crippen molar-refractivity contribution in [3.8, 4) is 0 Å². The number of halogens is 2. The molecule has 2 rings (SSSR count). The van der Waals surface area contributed by atoms with Crippen molar-refractivity contribution >= 4 is 52.5 Å². The van der Waals surface area contributed by atoms with Crippen molar-refractivity contribution < 1.29 is 4.39 Å². The van der Waals surface area contributed by atoms with Gasteiger partial charge in [0.05, 0.1) is 11.6 Å².